The number of likely N-dealkylation sites (tertiary alicyclic amines) is 1. The molecule has 3 rings (SSSR count). The van der Waals surface area contributed by atoms with E-state index >= 15 is 0 Å². The normalized spacial score (nSPS) is 14.3. The maximum Gasteiger partial charge on any atom is 0.254 e. The highest BCUT2D eigenvalue weighted by molar-refractivity contribution is 5.95. The topological polar surface area (TPSA) is 29.5 Å². The Morgan fingerprint density at radius 3 is 2.55 bits per heavy atom. The van der Waals surface area contributed by atoms with E-state index in [2.05, 4.69) is 0 Å². The molecule has 0 spiro atoms. The van der Waals surface area contributed by atoms with Gasteiger partial charge in [-0.2, -0.15) is 0 Å². The van der Waals surface area contributed by atoms with Crippen molar-refractivity contribution in [2.24, 2.45) is 0 Å². The lowest BCUT2D eigenvalue weighted by molar-refractivity contribution is 0.0820. The van der Waals surface area contributed by atoms with Crippen LogP contribution in [0.2, 0.25) is 0 Å². The fourth-order valence-corrected chi connectivity index (χ4v) is 2.27. The second-order valence-electron chi connectivity index (χ2n) is 4.77. The number of rotatable bonds is 3. The van der Waals surface area contributed by atoms with Crippen molar-refractivity contribution < 1.29 is 9.53 Å². The van der Waals surface area contributed by atoms with Crippen molar-refractivity contribution in [3.63, 3.8) is 0 Å². The highest BCUT2D eigenvalue weighted by atomic mass is 16.5. The monoisotopic (exact) mass is 266 g/mol. The summed E-state index contributed by atoms with van der Waals surface area (Å²) in [5, 5.41) is 0. The molecule has 2 aromatic carbocycles. The number of carbonyl (C=O) groups is 1. The highest BCUT2D eigenvalue weighted by Gasteiger charge is 2.20. The first-order chi connectivity index (χ1) is 9.83. The predicted molar refractivity (Wildman–Crippen MR) is 77.5 cm³/mol. The second-order valence-corrected chi connectivity index (χ2v) is 4.77. The number of nitrogens with zero attached hydrogens (tertiary/aromatic N) is 1. The number of benzene rings is 2. The highest BCUT2D eigenvalue weighted by Crippen LogP contribution is 2.23. The van der Waals surface area contributed by atoms with Crippen molar-refractivity contribution in [3.05, 3.63) is 66.7 Å². The number of hydrogen-bond donors (Lipinski definition) is 0. The van der Waals surface area contributed by atoms with Crippen LogP contribution in [0.15, 0.2) is 54.6 Å². The van der Waals surface area contributed by atoms with Crippen LogP contribution in [0.25, 0.3) is 0 Å². The van der Waals surface area contributed by atoms with Gasteiger partial charge in [0.15, 0.2) is 0 Å². The van der Waals surface area contributed by atoms with Crippen molar-refractivity contribution >= 4 is 5.91 Å². The minimum absolute atomic E-state index is 0.0426. The third-order valence-corrected chi connectivity index (χ3v) is 3.27. The summed E-state index contributed by atoms with van der Waals surface area (Å²) in [7, 11) is 0. The Morgan fingerprint density at radius 2 is 1.80 bits per heavy atom. The van der Waals surface area contributed by atoms with Crippen LogP contribution in [0.1, 0.15) is 23.2 Å². The van der Waals surface area contributed by atoms with E-state index in [1.165, 1.54) is 0 Å². The zero-order valence-corrected chi connectivity index (χ0v) is 11.2. The van der Waals surface area contributed by atoms with E-state index in [0.717, 1.165) is 25.1 Å². The molecule has 0 bridgehead atoms. The molecule has 0 unspecified atom stereocenters. The molecule has 1 saturated heterocycles. The van der Waals surface area contributed by atoms with E-state index in [9.17, 15) is 4.79 Å². The Balaban J connectivity index is 1.77. The van der Waals surface area contributed by atoms with Crippen LogP contribution >= 0.6 is 0 Å². The lowest BCUT2D eigenvalue weighted by atomic mass is 10.2. The van der Waals surface area contributed by atoms with E-state index in [1.807, 2.05) is 55.1 Å². The first-order valence-electron chi connectivity index (χ1n) is 6.80. The van der Waals surface area contributed by atoms with Crippen LogP contribution in [0, 0.1) is 6.54 Å². The maximum atomic E-state index is 12.3. The molecule has 2 aromatic rings. The number of amides is 1. The minimum Gasteiger partial charge on any atom is -0.457 e. The van der Waals surface area contributed by atoms with Gasteiger partial charge in [-0.3, -0.25) is 4.79 Å². The summed E-state index contributed by atoms with van der Waals surface area (Å²) in [6, 6.07) is 16.9. The lowest BCUT2D eigenvalue weighted by Crippen LogP contribution is -2.24. The molecule has 1 amide bonds. The van der Waals surface area contributed by atoms with Crippen molar-refractivity contribution in [1.29, 1.82) is 0 Å². The molecule has 1 aliphatic heterocycles. The molecule has 1 aliphatic rings. The van der Waals surface area contributed by atoms with Crippen LogP contribution in [0.5, 0.6) is 11.5 Å². The number of para-hydroxylation sites is 1. The summed E-state index contributed by atoms with van der Waals surface area (Å²) in [6.07, 6.45) is 2.03. The fourth-order valence-electron chi connectivity index (χ4n) is 2.27. The Morgan fingerprint density at radius 1 is 1.00 bits per heavy atom. The molecule has 1 radical (unpaired) electrons. The van der Waals surface area contributed by atoms with Gasteiger partial charge in [-0.25, -0.2) is 0 Å². The van der Waals surface area contributed by atoms with Crippen molar-refractivity contribution in [2.45, 2.75) is 12.8 Å². The van der Waals surface area contributed by atoms with Gasteiger partial charge >= 0.3 is 0 Å². The van der Waals surface area contributed by atoms with Gasteiger partial charge < -0.3 is 9.64 Å². The smallest absolute Gasteiger partial charge is 0.254 e. The first kappa shape index (κ1) is 12.7. The molecule has 1 heterocycles. The average Bonchev–Trinajstić information content (AvgIpc) is 3.02. The summed E-state index contributed by atoms with van der Waals surface area (Å²) in [4.78, 5) is 14.1. The van der Waals surface area contributed by atoms with Gasteiger partial charge in [0.2, 0.25) is 0 Å². The van der Waals surface area contributed by atoms with Crippen molar-refractivity contribution in [2.75, 3.05) is 6.54 Å². The summed E-state index contributed by atoms with van der Waals surface area (Å²) >= 11 is 0. The van der Waals surface area contributed by atoms with Crippen LogP contribution in [0.3, 0.4) is 0 Å². The van der Waals surface area contributed by atoms with Gasteiger partial charge in [-0.05, 0) is 43.2 Å². The number of ether oxygens (including phenoxy) is 1. The average molecular weight is 266 g/mol. The molecule has 0 aliphatic carbocycles. The molecule has 3 nitrogen and oxygen atoms in total. The largest absolute Gasteiger partial charge is 0.457 e. The van der Waals surface area contributed by atoms with Crippen molar-refractivity contribution in [1.82, 2.24) is 4.90 Å². The predicted octanol–water partition coefficient (Wildman–Crippen LogP) is 3.88. The van der Waals surface area contributed by atoms with Gasteiger partial charge in [-0.1, -0.05) is 24.3 Å². The van der Waals surface area contributed by atoms with E-state index in [0.29, 0.717) is 11.3 Å². The van der Waals surface area contributed by atoms with Gasteiger partial charge in [0, 0.05) is 12.1 Å². The molecule has 20 heavy (non-hydrogen) atoms. The molecule has 3 heteroatoms. The Kier molecular flexibility index (Phi) is 3.68. The number of hydrogen-bond acceptors (Lipinski definition) is 2. The first-order valence-corrected chi connectivity index (χ1v) is 6.80. The fraction of sp³-hybridized carbons (Fsp3) is 0.176. The zero-order valence-electron chi connectivity index (χ0n) is 11.2. The zero-order chi connectivity index (χ0) is 13.8. The standard InChI is InChI=1S/C17H16NO2/c19-17(18-11-4-5-12-18)14-7-6-10-16(13-14)20-15-8-2-1-3-9-15/h1-3,6-11,13H,4-5,12H2. The molecular weight excluding hydrogens is 250 g/mol. The van der Waals surface area contributed by atoms with E-state index in [-0.39, 0.29) is 5.91 Å². The van der Waals surface area contributed by atoms with Crippen molar-refractivity contribution in [3.8, 4) is 11.5 Å². The molecule has 101 valence electrons. The van der Waals surface area contributed by atoms with E-state index in [4.69, 9.17) is 4.74 Å². The van der Waals surface area contributed by atoms with Gasteiger partial charge in [0.25, 0.3) is 5.91 Å². The second kappa shape index (κ2) is 5.78. The van der Waals surface area contributed by atoms with E-state index < -0.39 is 0 Å². The minimum atomic E-state index is 0.0426. The Hall–Kier alpha value is -2.29. The third kappa shape index (κ3) is 2.82. The summed E-state index contributed by atoms with van der Waals surface area (Å²) < 4.78 is 5.75. The van der Waals surface area contributed by atoms with Crippen LogP contribution < -0.4 is 4.74 Å². The third-order valence-electron chi connectivity index (χ3n) is 3.27. The van der Waals surface area contributed by atoms with Gasteiger partial charge in [0.1, 0.15) is 11.5 Å². The number of carbonyl (C=O) groups excluding carboxylic acids is 1. The van der Waals surface area contributed by atoms with Crippen LogP contribution in [-0.4, -0.2) is 17.4 Å². The molecule has 0 saturated carbocycles. The maximum absolute atomic E-state index is 12.3. The summed E-state index contributed by atoms with van der Waals surface area (Å²) in [6.45, 7) is 2.77. The van der Waals surface area contributed by atoms with E-state index in [1.54, 1.807) is 11.0 Å². The molecule has 1 fully saturated rings. The van der Waals surface area contributed by atoms with Gasteiger partial charge in [0.05, 0.1) is 6.54 Å². The molecule has 0 aromatic heterocycles. The molecule has 0 atom stereocenters. The lowest BCUT2D eigenvalue weighted by Gasteiger charge is -2.15. The summed E-state index contributed by atoms with van der Waals surface area (Å²) in [5.41, 5.74) is 0.664. The Labute approximate surface area is 118 Å². The summed E-state index contributed by atoms with van der Waals surface area (Å²) in [5.74, 6) is 1.49. The van der Waals surface area contributed by atoms with Gasteiger partial charge in [-0.15, -0.1) is 0 Å². The van der Waals surface area contributed by atoms with Crippen LogP contribution in [-0.2, 0) is 0 Å². The molecule has 0 N–H and O–H groups in total. The Bertz CT molecular complexity index is 589. The SMILES string of the molecule is O=C(c1cccc(Oc2ccccc2)c1)N1[CH]CCC1. The quantitative estimate of drug-likeness (QED) is 0.843. The molecular formula is C17H16NO2. The van der Waals surface area contributed by atoms with Crippen LogP contribution in [0.4, 0.5) is 0 Å².